The second-order valence-electron chi connectivity index (χ2n) is 9.87. The van der Waals surface area contributed by atoms with Crippen molar-refractivity contribution in [2.24, 2.45) is 0 Å². The number of unbranched alkanes of at least 4 members (excludes halogenated alkanes) is 1. The lowest BCUT2D eigenvalue weighted by Gasteiger charge is -2.45. The molecule has 0 bridgehead atoms. The zero-order chi connectivity index (χ0) is 26.6. The number of ether oxygens (including phenoxy) is 2. The number of nitrogens with one attached hydrogen (secondary N) is 1. The highest BCUT2D eigenvalue weighted by Crippen LogP contribution is 2.46. The maximum Gasteiger partial charge on any atom is 0.329 e. The number of carbonyl (C=O) groups is 2. The Morgan fingerprint density at radius 2 is 1.92 bits per heavy atom. The van der Waals surface area contributed by atoms with Crippen molar-refractivity contribution < 1.29 is 33.0 Å². The molecular formula is C28H34F2N2O5. The largest absolute Gasteiger partial charge is 0.493 e. The maximum atomic E-state index is 13.7. The molecule has 0 aromatic heterocycles. The number of carboxylic acids is 1. The Bertz CT molecular complexity index is 1120. The average molecular weight is 517 g/mol. The van der Waals surface area contributed by atoms with Crippen molar-refractivity contribution >= 4 is 12.0 Å². The molecule has 1 saturated carbocycles. The van der Waals surface area contributed by atoms with Gasteiger partial charge in [-0.05, 0) is 56.4 Å². The molecular weight excluding hydrogens is 482 g/mol. The predicted octanol–water partition coefficient (Wildman–Crippen LogP) is 5.37. The zero-order valence-electron chi connectivity index (χ0n) is 21.3. The minimum Gasteiger partial charge on any atom is -0.493 e. The van der Waals surface area contributed by atoms with Gasteiger partial charge in [0.25, 0.3) is 5.92 Å². The van der Waals surface area contributed by atoms with Gasteiger partial charge in [0.15, 0.2) is 5.54 Å². The van der Waals surface area contributed by atoms with Gasteiger partial charge in [-0.1, -0.05) is 30.3 Å². The standard InChI is InChI=1S/C28H34F2N2O5/c1-3-36-23-15-21(16-24-22(23)12-14-37-24)19(2)32(13-8-7-11-20-9-5-4-6-10-20)26(35)31-27(25(33)34)17-28(29,30)18-27/h4-6,9-10,15-16,19H,3,7-8,11-14,17-18H2,1-2H3,(H,31,35)(H,33,34). The van der Waals surface area contributed by atoms with E-state index in [9.17, 15) is 23.5 Å². The number of benzene rings is 2. The number of carbonyl (C=O) groups excluding carboxylic acids is 1. The molecule has 2 aliphatic rings. The van der Waals surface area contributed by atoms with Crippen LogP contribution in [0.1, 0.15) is 62.3 Å². The molecule has 1 atom stereocenters. The second kappa shape index (κ2) is 10.9. The highest BCUT2D eigenvalue weighted by molar-refractivity contribution is 5.88. The zero-order valence-corrected chi connectivity index (χ0v) is 21.3. The van der Waals surface area contributed by atoms with Crippen molar-refractivity contribution in [2.45, 2.75) is 69.9 Å². The first-order valence-electron chi connectivity index (χ1n) is 12.8. The van der Waals surface area contributed by atoms with Crippen LogP contribution >= 0.6 is 0 Å². The number of alkyl halides is 2. The first kappa shape index (κ1) is 26.7. The summed E-state index contributed by atoms with van der Waals surface area (Å²) in [6.07, 6.45) is 1.19. The normalized spacial score (nSPS) is 17.6. The Hall–Kier alpha value is -3.36. The first-order valence-corrected chi connectivity index (χ1v) is 12.8. The van der Waals surface area contributed by atoms with Crippen LogP contribution in [0.2, 0.25) is 0 Å². The van der Waals surface area contributed by atoms with E-state index in [0.29, 0.717) is 37.7 Å². The molecule has 4 rings (SSSR count). The topological polar surface area (TPSA) is 88.1 Å². The number of fused-ring (bicyclic) bond motifs is 1. The Morgan fingerprint density at radius 3 is 2.57 bits per heavy atom. The van der Waals surface area contributed by atoms with Gasteiger partial charge in [0.1, 0.15) is 11.5 Å². The number of carboxylic acid groups (broad SMARTS) is 1. The Morgan fingerprint density at radius 1 is 1.19 bits per heavy atom. The lowest BCUT2D eigenvalue weighted by Crippen LogP contribution is -2.68. The summed E-state index contributed by atoms with van der Waals surface area (Å²) in [5.74, 6) is -3.16. The van der Waals surface area contributed by atoms with E-state index in [4.69, 9.17) is 9.47 Å². The first-order chi connectivity index (χ1) is 17.6. The van der Waals surface area contributed by atoms with E-state index in [1.165, 1.54) is 10.5 Å². The molecule has 1 aliphatic heterocycles. The van der Waals surface area contributed by atoms with Crippen LogP contribution in [0.25, 0.3) is 0 Å². The molecule has 2 aromatic carbocycles. The molecule has 200 valence electrons. The Balaban J connectivity index is 1.54. The molecule has 0 radical (unpaired) electrons. The van der Waals surface area contributed by atoms with E-state index in [-0.39, 0.29) is 0 Å². The number of nitrogens with zero attached hydrogens (tertiary/aromatic N) is 1. The summed E-state index contributed by atoms with van der Waals surface area (Å²) in [4.78, 5) is 26.8. The minimum atomic E-state index is -3.11. The second-order valence-corrected chi connectivity index (χ2v) is 9.87. The molecule has 0 spiro atoms. The number of rotatable bonds is 11. The maximum absolute atomic E-state index is 13.7. The summed E-state index contributed by atoms with van der Waals surface area (Å²) in [6, 6.07) is 12.6. The van der Waals surface area contributed by atoms with E-state index >= 15 is 0 Å². The van der Waals surface area contributed by atoms with Gasteiger partial charge in [-0.25, -0.2) is 18.4 Å². The van der Waals surface area contributed by atoms with Crippen LogP contribution in [0.3, 0.4) is 0 Å². The van der Waals surface area contributed by atoms with Crippen molar-refractivity contribution in [3.8, 4) is 11.5 Å². The number of hydrogen-bond donors (Lipinski definition) is 2. The van der Waals surface area contributed by atoms with Crippen molar-refractivity contribution in [3.63, 3.8) is 0 Å². The third-order valence-electron chi connectivity index (χ3n) is 7.14. The molecule has 1 fully saturated rings. The van der Waals surface area contributed by atoms with Gasteiger partial charge in [-0.15, -0.1) is 0 Å². The van der Waals surface area contributed by atoms with Crippen molar-refractivity contribution in [2.75, 3.05) is 19.8 Å². The van der Waals surface area contributed by atoms with Gasteiger partial charge in [-0.2, -0.15) is 0 Å². The van der Waals surface area contributed by atoms with Crippen LogP contribution in [0.15, 0.2) is 42.5 Å². The summed E-state index contributed by atoms with van der Waals surface area (Å²) in [5, 5.41) is 12.1. The third-order valence-corrected chi connectivity index (χ3v) is 7.14. The van der Waals surface area contributed by atoms with E-state index in [0.717, 1.165) is 30.4 Å². The predicted molar refractivity (Wildman–Crippen MR) is 134 cm³/mol. The molecule has 2 aromatic rings. The van der Waals surface area contributed by atoms with Gasteiger partial charge in [0.2, 0.25) is 0 Å². The Labute approximate surface area is 215 Å². The highest BCUT2D eigenvalue weighted by atomic mass is 19.3. The number of aliphatic carboxylic acids is 1. The molecule has 1 unspecified atom stereocenters. The average Bonchev–Trinajstić information content (AvgIpc) is 3.32. The highest BCUT2D eigenvalue weighted by Gasteiger charge is 2.62. The summed E-state index contributed by atoms with van der Waals surface area (Å²) in [5.41, 5.74) is 0.967. The van der Waals surface area contributed by atoms with Crippen LogP contribution in [0, 0.1) is 0 Å². The van der Waals surface area contributed by atoms with Crippen molar-refractivity contribution in [1.82, 2.24) is 10.2 Å². The molecule has 1 heterocycles. The van der Waals surface area contributed by atoms with Gasteiger partial charge >= 0.3 is 12.0 Å². The molecule has 7 nitrogen and oxygen atoms in total. The molecule has 37 heavy (non-hydrogen) atoms. The van der Waals surface area contributed by atoms with Crippen LogP contribution in [-0.2, 0) is 17.6 Å². The fraction of sp³-hybridized carbons (Fsp3) is 0.500. The van der Waals surface area contributed by atoms with Crippen molar-refractivity contribution in [3.05, 3.63) is 59.2 Å². The van der Waals surface area contributed by atoms with Crippen LogP contribution in [-0.4, -0.2) is 53.2 Å². The number of urea groups is 1. The Kier molecular flexibility index (Phi) is 7.90. The lowest BCUT2D eigenvalue weighted by atomic mass is 9.73. The summed E-state index contributed by atoms with van der Waals surface area (Å²) in [6.45, 7) is 5.08. The van der Waals surface area contributed by atoms with E-state index < -0.39 is 42.3 Å². The molecule has 9 heteroatoms. The number of halogens is 2. The fourth-order valence-electron chi connectivity index (χ4n) is 5.11. The molecule has 0 saturated heterocycles. The van der Waals surface area contributed by atoms with Crippen LogP contribution < -0.4 is 14.8 Å². The van der Waals surface area contributed by atoms with Crippen LogP contribution in [0.4, 0.5) is 13.6 Å². The summed E-state index contributed by atoms with van der Waals surface area (Å²) < 4.78 is 38.9. The smallest absolute Gasteiger partial charge is 0.329 e. The van der Waals surface area contributed by atoms with Gasteiger partial charge in [-0.3, -0.25) is 0 Å². The van der Waals surface area contributed by atoms with Crippen LogP contribution in [0.5, 0.6) is 11.5 Å². The molecule has 2 N–H and O–H groups in total. The van der Waals surface area contributed by atoms with Gasteiger partial charge < -0.3 is 24.8 Å². The van der Waals surface area contributed by atoms with E-state index in [1.807, 2.05) is 56.3 Å². The lowest BCUT2D eigenvalue weighted by molar-refractivity contribution is -0.175. The van der Waals surface area contributed by atoms with Crippen molar-refractivity contribution in [1.29, 1.82) is 0 Å². The third kappa shape index (κ3) is 5.97. The fourth-order valence-corrected chi connectivity index (χ4v) is 5.11. The van der Waals surface area contributed by atoms with E-state index in [2.05, 4.69) is 5.32 Å². The molecule has 1 aliphatic carbocycles. The van der Waals surface area contributed by atoms with Gasteiger partial charge in [0.05, 0.1) is 19.3 Å². The summed E-state index contributed by atoms with van der Waals surface area (Å²) >= 11 is 0. The number of aryl methyl sites for hydroxylation is 1. The quantitative estimate of drug-likeness (QED) is 0.392. The monoisotopic (exact) mass is 516 g/mol. The number of amides is 2. The minimum absolute atomic E-state index is 0.327. The summed E-state index contributed by atoms with van der Waals surface area (Å²) in [7, 11) is 0. The number of hydrogen-bond acceptors (Lipinski definition) is 4. The SMILES string of the molecule is CCOc1cc(C(C)N(CCCCc2ccccc2)C(=O)NC2(C(=O)O)CC(F)(F)C2)cc2c1CCO2. The van der Waals surface area contributed by atoms with Gasteiger partial charge in [0, 0.05) is 31.4 Å². The van der Waals surface area contributed by atoms with E-state index in [1.54, 1.807) is 0 Å². The molecule has 2 amide bonds.